The standard InChI is InChI=1S/C43H42N2O5S/c1-29(2)26-38(41(47)48)44-40(46)39(45-42(49)50-27-37-35-24-14-12-22-33(35)34-23-13-15-25-36(34)37)28-51-43(30-16-6-3-7-17-30,31-18-8-4-9-19-31)32-20-10-5-11-21-32/h3-25,29,37-39H,26-28H2,1-2H3,(H,44,46)(H,45,49)(H,47,48)/t38-,39-/m0/s1. The van der Waals surface area contributed by atoms with Gasteiger partial charge in [-0.15, -0.1) is 11.8 Å². The summed E-state index contributed by atoms with van der Waals surface area (Å²) in [5, 5.41) is 15.5. The molecule has 0 saturated carbocycles. The van der Waals surface area contributed by atoms with Gasteiger partial charge < -0.3 is 20.5 Å². The number of hydrogen-bond donors (Lipinski definition) is 3. The molecule has 0 radical (unpaired) electrons. The van der Waals surface area contributed by atoms with Crippen LogP contribution in [0.15, 0.2) is 140 Å². The molecule has 0 heterocycles. The normalized spacial score (nSPS) is 13.5. The minimum Gasteiger partial charge on any atom is -0.480 e. The number of carbonyl (C=O) groups is 3. The summed E-state index contributed by atoms with van der Waals surface area (Å²) in [6, 6.07) is 44.1. The van der Waals surface area contributed by atoms with Crippen LogP contribution in [0.25, 0.3) is 11.1 Å². The topological polar surface area (TPSA) is 105 Å². The third-order valence-electron chi connectivity index (χ3n) is 9.28. The molecule has 5 aromatic carbocycles. The molecule has 3 N–H and O–H groups in total. The Bertz CT molecular complexity index is 1810. The number of amides is 2. The number of fused-ring (bicyclic) bond motifs is 3. The van der Waals surface area contributed by atoms with Crippen molar-refractivity contribution in [1.29, 1.82) is 0 Å². The molecule has 260 valence electrons. The Morgan fingerprint density at radius 1 is 0.667 bits per heavy atom. The van der Waals surface area contributed by atoms with Crippen LogP contribution in [0, 0.1) is 5.92 Å². The quantitative estimate of drug-likeness (QED) is 0.101. The Hall–Kier alpha value is -5.34. The first-order chi connectivity index (χ1) is 24.8. The Balaban J connectivity index is 1.30. The van der Waals surface area contributed by atoms with E-state index in [1.54, 1.807) is 0 Å². The predicted octanol–water partition coefficient (Wildman–Crippen LogP) is 8.23. The van der Waals surface area contributed by atoms with Crippen LogP contribution in [0.3, 0.4) is 0 Å². The summed E-state index contributed by atoms with van der Waals surface area (Å²) < 4.78 is 5.10. The lowest BCUT2D eigenvalue weighted by Gasteiger charge is -2.36. The van der Waals surface area contributed by atoms with E-state index >= 15 is 0 Å². The van der Waals surface area contributed by atoms with Crippen molar-refractivity contribution in [3.8, 4) is 11.1 Å². The molecule has 0 bridgehead atoms. The van der Waals surface area contributed by atoms with Gasteiger partial charge in [-0.1, -0.05) is 153 Å². The number of rotatable bonds is 14. The smallest absolute Gasteiger partial charge is 0.407 e. The lowest BCUT2D eigenvalue weighted by molar-refractivity contribution is -0.142. The zero-order chi connectivity index (χ0) is 35.8. The van der Waals surface area contributed by atoms with Crippen LogP contribution in [-0.2, 0) is 19.1 Å². The van der Waals surface area contributed by atoms with Crippen molar-refractivity contribution in [3.05, 3.63) is 167 Å². The number of carboxylic acid groups (broad SMARTS) is 1. The van der Waals surface area contributed by atoms with Crippen LogP contribution in [0.5, 0.6) is 0 Å². The summed E-state index contributed by atoms with van der Waals surface area (Å²) in [6.07, 6.45) is -0.508. The summed E-state index contributed by atoms with van der Waals surface area (Å²) in [4.78, 5) is 39.9. The van der Waals surface area contributed by atoms with Gasteiger partial charge in [-0.3, -0.25) is 4.79 Å². The maximum absolute atomic E-state index is 14.0. The summed E-state index contributed by atoms with van der Waals surface area (Å²) in [5.41, 5.74) is 7.36. The van der Waals surface area contributed by atoms with Crippen LogP contribution < -0.4 is 10.6 Å². The minimum absolute atomic E-state index is 0.0243. The Morgan fingerprint density at radius 2 is 1.12 bits per heavy atom. The second kappa shape index (κ2) is 16.1. The summed E-state index contributed by atoms with van der Waals surface area (Å²) >= 11 is 1.50. The van der Waals surface area contributed by atoms with E-state index in [1.165, 1.54) is 11.8 Å². The Kier molecular flexibility index (Phi) is 11.2. The van der Waals surface area contributed by atoms with Gasteiger partial charge >= 0.3 is 12.1 Å². The molecule has 0 aliphatic heterocycles. The lowest BCUT2D eigenvalue weighted by atomic mass is 9.84. The van der Waals surface area contributed by atoms with Gasteiger partial charge in [0.25, 0.3) is 0 Å². The summed E-state index contributed by atoms with van der Waals surface area (Å²) in [7, 11) is 0. The molecule has 8 heteroatoms. The number of nitrogens with one attached hydrogen (secondary N) is 2. The van der Waals surface area contributed by atoms with Crippen molar-refractivity contribution < 1.29 is 24.2 Å². The van der Waals surface area contributed by atoms with E-state index in [-0.39, 0.29) is 30.6 Å². The first kappa shape index (κ1) is 35.5. The van der Waals surface area contributed by atoms with E-state index in [1.807, 2.05) is 105 Å². The average molecular weight is 699 g/mol. The van der Waals surface area contributed by atoms with Crippen molar-refractivity contribution in [2.45, 2.75) is 43.0 Å². The van der Waals surface area contributed by atoms with Gasteiger partial charge in [0, 0.05) is 11.7 Å². The van der Waals surface area contributed by atoms with Gasteiger partial charge in [0.2, 0.25) is 5.91 Å². The van der Waals surface area contributed by atoms with Crippen molar-refractivity contribution >= 4 is 29.7 Å². The van der Waals surface area contributed by atoms with Crippen molar-refractivity contribution in [2.24, 2.45) is 5.92 Å². The van der Waals surface area contributed by atoms with Crippen molar-refractivity contribution in [1.82, 2.24) is 10.6 Å². The number of hydrogen-bond acceptors (Lipinski definition) is 5. The highest BCUT2D eigenvalue weighted by Crippen LogP contribution is 2.49. The SMILES string of the molecule is CC(C)C[C@H](NC(=O)[C@H](CSC(c1ccccc1)(c1ccccc1)c1ccccc1)NC(=O)OCC1c2ccccc2-c2ccccc21)C(=O)O. The third kappa shape index (κ3) is 7.86. The molecular weight excluding hydrogens is 657 g/mol. The molecule has 2 atom stereocenters. The molecular formula is C43H42N2O5S. The second-order valence-corrected chi connectivity index (χ2v) is 14.4. The fraction of sp³-hybridized carbons (Fsp3) is 0.233. The minimum atomic E-state index is -1.13. The highest BCUT2D eigenvalue weighted by Gasteiger charge is 2.39. The zero-order valence-electron chi connectivity index (χ0n) is 28.7. The molecule has 51 heavy (non-hydrogen) atoms. The van der Waals surface area contributed by atoms with E-state index < -0.39 is 34.8 Å². The number of ether oxygens (including phenoxy) is 1. The number of carbonyl (C=O) groups excluding carboxylic acids is 2. The van der Waals surface area contributed by atoms with E-state index in [4.69, 9.17) is 4.74 Å². The van der Waals surface area contributed by atoms with Crippen LogP contribution in [0.4, 0.5) is 4.79 Å². The average Bonchev–Trinajstić information content (AvgIpc) is 3.48. The molecule has 0 unspecified atom stereocenters. The fourth-order valence-electron chi connectivity index (χ4n) is 6.91. The maximum Gasteiger partial charge on any atom is 0.407 e. The molecule has 5 aromatic rings. The highest BCUT2D eigenvalue weighted by atomic mass is 32.2. The molecule has 2 amide bonds. The lowest BCUT2D eigenvalue weighted by Crippen LogP contribution is -2.53. The van der Waals surface area contributed by atoms with Gasteiger partial charge in [0.05, 0.1) is 4.75 Å². The number of carboxylic acids is 1. The highest BCUT2D eigenvalue weighted by molar-refractivity contribution is 8.00. The van der Waals surface area contributed by atoms with Gasteiger partial charge in [0.1, 0.15) is 18.7 Å². The van der Waals surface area contributed by atoms with Crippen LogP contribution in [0.1, 0.15) is 54.0 Å². The van der Waals surface area contributed by atoms with Gasteiger partial charge in [0.15, 0.2) is 0 Å². The third-order valence-corrected chi connectivity index (χ3v) is 10.9. The number of aliphatic carboxylic acids is 1. The van der Waals surface area contributed by atoms with E-state index in [2.05, 4.69) is 59.2 Å². The Labute approximate surface area is 303 Å². The van der Waals surface area contributed by atoms with Crippen LogP contribution in [-0.4, -0.2) is 47.5 Å². The molecule has 1 aliphatic rings. The first-order valence-corrected chi connectivity index (χ1v) is 18.2. The Morgan fingerprint density at radius 3 is 1.57 bits per heavy atom. The summed E-state index contributed by atoms with van der Waals surface area (Å²) in [5.74, 6) is -1.74. The van der Waals surface area contributed by atoms with E-state index in [0.717, 1.165) is 38.9 Å². The molecule has 0 fully saturated rings. The van der Waals surface area contributed by atoms with E-state index in [9.17, 15) is 19.5 Å². The van der Waals surface area contributed by atoms with E-state index in [0.29, 0.717) is 0 Å². The molecule has 7 nitrogen and oxygen atoms in total. The summed E-state index contributed by atoms with van der Waals surface area (Å²) in [6.45, 7) is 3.88. The van der Waals surface area contributed by atoms with Crippen molar-refractivity contribution in [2.75, 3.05) is 12.4 Å². The van der Waals surface area contributed by atoms with Crippen LogP contribution in [0.2, 0.25) is 0 Å². The van der Waals surface area contributed by atoms with Gasteiger partial charge in [-0.2, -0.15) is 0 Å². The monoisotopic (exact) mass is 698 g/mol. The van der Waals surface area contributed by atoms with Crippen LogP contribution >= 0.6 is 11.8 Å². The number of benzene rings is 5. The number of alkyl carbamates (subject to hydrolysis) is 1. The zero-order valence-corrected chi connectivity index (χ0v) is 29.5. The van der Waals surface area contributed by atoms with Gasteiger partial charge in [-0.25, -0.2) is 9.59 Å². The van der Waals surface area contributed by atoms with Crippen molar-refractivity contribution in [3.63, 3.8) is 0 Å². The molecule has 1 aliphatic carbocycles. The fourth-order valence-corrected chi connectivity index (χ4v) is 8.47. The number of thioether (sulfide) groups is 1. The maximum atomic E-state index is 14.0. The van der Waals surface area contributed by atoms with Gasteiger partial charge in [-0.05, 0) is 51.3 Å². The molecule has 0 saturated heterocycles. The molecule has 0 aromatic heterocycles. The predicted molar refractivity (Wildman–Crippen MR) is 203 cm³/mol. The molecule has 6 rings (SSSR count). The second-order valence-electron chi connectivity index (χ2n) is 13.1. The largest absolute Gasteiger partial charge is 0.480 e. The first-order valence-electron chi connectivity index (χ1n) is 17.2. The molecule has 0 spiro atoms.